The fraction of sp³-hybridized carbons (Fsp3) is 0.586. The first-order chi connectivity index (χ1) is 16.3. The van der Waals surface area contributed by atoms with Crippen molar-refractivity contribution in [2.75, 3.05) is 26.2 Å². The molecule has 2 aliphatic rings. The number of rotatable bonds is 5. The summed E-state index contributed by atoms with van der Waals surface area (Å²) in [5.41, 5.74) is 2.11. The number of carbonyl (C=O) groups is 1. The number of amides is 1. The van der Waals surface area contributed by atoms with E-state index in [1.807, 2.05) is 30.3 Å². The van der Waals surface area contributed by atoms with Crippen LogP contribution in [0.1, 0.15) is 81.3 Å². The van der Waals surface area contributed by atoms with Crippen molar-refractivity contribution in [3.05, 3.63) is 47.0 Å². The molecule has 2 heterocycles. The largest absolute Gasteiger partial charge is 0.349 e. The molecular weight excluding hydrogens is 420 g/mol. The van der Waals surface area contributed by atoms with Crippen LogP contribution in [0, 0.1) is 16.7 Å². The number of hydrogen-bond acceptors (Lipinski definition) is 4. The molecule has 1 atom stereocenters. The molecule has 4 rings (SSSR count). The highest BCUT2D eigenvalue weighted by molar-refractivity contribution is 6.09. The van der Waals surface area contributed by atoms with Gasteiger partial charge in [0.1, 0.15) is 0 Å². The smallest absolute Gasteiger partial charge is 0.252 e. The molecule has 182 valence electrons. The van der Waals surface area contributed by atoms with Crippen molar-refractivity contribution in [3.63, 3.8) is 0 Å². The Bertz CT molecular complexity index is 1050. The van der Waals surface area contributed by atoms with Crippen LogP contribution in [0.15, 0.2) is 30.3 Å². The van der Waals surface area contributed by atoms with Gasteiger partial charge >= 0.3 is 0 Å². The van der Waals surface area contributed by atoms with Crippen molar-refractivity contribution in [2.24, 2.45) is 5.41 Å². The molecule has 0 bridgehead atoms. The summed E-state index contributed by atoms with van der Waals surface area (Å²) in [6.45, 7) is 13.6. The predicted molar refractivity (Wildman–Crippen MR) is 139 cm³/mol. The van der Waals surface area contributed by atoms with Crippen LogP contribution < -0.4 is 5.32 Å². The minimum Gasteiger partial charge on any atom is -0.349 e. The van der Waals surface area contributed by atoms with Crippen LogP contribution in [0.2, 0.25) is 0 Å². The molecular formula is C29H40N4O. The Balaban J connectivity index is 1.60. The molecule has 5 nitrogen and oxygen atoms in total. The summed E-state index contributed by atoms with van der Waals surface area (Å²) in [6.07, 6.45) is 6.35. The minimum atomic E-state index is -0.0751. The zero-order valence-corrected chi connectivity index (χ0v) is 21.4. The zero-order valence-electron chi connectivity index (χ0n) is 21.4. The van der Waals surface area contributed by atoms with Crippen molar-refractivity contribution >= 4 is 16.7 Å². The Morgan fingerprint density at radius 2 is 1.79 bits per heavy atom. The molecule has 0 spiro atoms. The van der Waals surface area contributed by atoms with Gasteiger partial charge in [0.05, 0.1) is 17.2 Å². The highest BCUT2D eigenvalue weighted by atomic mass is 16.1. The van der Waals surface area contributed by atoms with Gasteiger partial charge in [-0.25, -0.2) is 0 Å². The van der Waals surface area contributed by atoms with Gasteiger partial charge in [-0.15, -0.1) is 0 Å². The molecule has 2 aromatic rings. The van der Waals surface area contributed by atoms with Gasteiger partial charge in [0.25, 0.3) is 5.91 Å². The number of piperidine rings is 2. The number of fused-ring (bicyclic) bond motifs is 1. The number of nitriles is 1. The Hall–Kier alpha value is -2.42. The van der Waals surface area contributed by atoms with E-state index in [-0.39, 0.29) is 17.4 Å². The highest BCUT2D eigenvalue weighted by Crippen LogP contribution is 2.30. The quantitative estimate of drug-likeness (QED) is 0.655. The van der Waals surface area contributed by atoms with Crippen LogP contribution in [0.5, 0.6) is 0 Å². The molecule has 2 saturated heterocycles. The van der Waals surface area contributed by atoms with Crippen LogP contribution in [0.3, 0.4) is 0 Å². The van der Waals surface area contributed by atoms with Crippen LogP contribution in [0.25, 0.3) is 10.8 Å². The third-order valence-corrected chi connectivity index (χ3v) is 8.00. The van der Waals surface area contributed by atoms with Crippen molar-refractivity contribution in [2.45, 2.75) is 78.4 Å². The summed E-state index contributed by atoms with van der Waals surface area (Å²) in [5.74, 6) is -0.0751. The summed E-state index contributed by atoms with van der Waals surface area (Å²) in [5, 5.41) is 15.1. The molecule has 0 aliphatic carbocycles. The van der Waals surface area contributed by atoms with Crippen molar-refractivity contribution in [3.8, 4) is 6.07 Å². The molecule has 34 heavy (non-hydrogen) atoms. The normalized spacial score (nSPS) is 19.6. The monoisotopic (exact) mass is 460 g/mol. The van der Waals surface area contributed by atoms with Gasteiger partial charge in [-0.05, 0) is 86.6 Å². The van der Waals surface area contributed by atoms with Gasteiger partial charge in [-0.2, -0.15) is 5.26 Å². The lowest BCUT2D eigenvalue weighted by Crippen LogP contribution is -2.46. The first-order valence-corrected chi connectivity index (χ1v) is 13.0. The second kappa shape index (κ2) is 10.5. The average molecular weight is 461 g/mol. The molecule has 0 unspecified atom stereocenters. The van der Waals surface area contributed by atoms with E-state index >= 15 is 0 Å². The number of nitrogens with one attached hydrogen (secondary N) is 1. The third-order valence-electron chi connectivity index (χ3n) is 8.00. The van der Waals surface area contributed by atoms with Crippen LogP contribution >= 0.6 is 0 Å². The number of nitrogens with zero attached hydrogens (tertiary/aromatic N) is 3. The lowest BCUT2D eigenvalue weighted by atomic mass is 9.87. The van der Waals surface area contributed by atoms with Gasteiger partial charge in [0.2, 0.25) is 0 Å². The summed E-state index contributed by atoms with van der Waals surface area (Å²) < 4.78 is 0. The SMILES string of the molecule is C[C@H](NC(=O)c1c(CN2CCC(N3CCCCC3)CC2)c(C#N)cc2ccccc12)C(C)(C)C. The van der Waals surface area contributed by atoms with E-state index < -0.39 is 0 Å². The van der Waals surface area contributed by atoms with Gasteiger partial charge < -0.3 is 10.2 Å². The molecule has 2 aromatic carbocycles. The second-order valence-electron chi connectivity index (χ2n) is 11.3. The van der Waals surface area contributed by atoms with Crippen LogP contribution in [-0.2, 0) is 6.54 Å². The van der Waals surface area contributed by atoms with Crippen molar-refractivity contribution in [1.29, 1.82) is 5.26 Å². The van der Waals surface area contributed by atoms with Crippen molar-refractivity contribution < 1.29 is 4.79 Å². The van der Waals surface area contributed by atoms with Crippen molar-refractivity contribution in [1.82, 2.24) is 15.1 Å². The standard InChI is InChI=1S/C29H40N4O/c1-21(29(2,3)4)31-28(34)27-25-11-7-6-10-22(25)18-23(19-30)26(27)20-32-16-12-24(13-17-32)33-14-8-5-9-15-33/h6-7,10-11,18,21,24H,5,8-9,12-17,20H2,1-4H3,(H,31,34)/t21-/m0/s1. The average Bonchev–Trinajstić information content (AvgIpc) is 2.83. The summed E-state index contributed by atoms with van der Waals surface area (Å²) >= 11 is 0. The molecule has 2 aliphatic heterocycles. The first-order valence-electron chi connectivity index (χ1n) is 13.0. The maximum Gasteiger partial charge on any atom is 0.252 e. The van der Waals surface area contributed by atoms with E-state index in [4.69, 9.17) is 0 Å². The second-order valence-corrected chi connectivity index (χ2v) is 11.3. The lowest BCUT2D eigenvalue weighted by molar-refractivity contribution is 0.0875. The van der Waals surface area contributed by atoms with Gasteiger partial charge in [0, 0.05) is 18.6 Å². The van der Waals surface area contributed by atoms with E-state index in [1.165, 1.54) is 32.4 Å². The first kappa shape index (κ1) is 24.7. The molecule has 0 aromatic heterocycles. The van der Waals surface area contributed by atoms with E-state index in [9.17, 15) is 10.1 Å². The highest BCUT2D eigenvalue weighted by Gasteiger charge is 2.29. The number of likely N-dealkylation sites (tertiary alicyclic amines) is 2. The minimum absolute atomic E-state index is 0.0117. The predicted octanol–water partition coefficient (Wildman–Crippen LogP) is 5.33. The van der Waals surface area contributed by atoms with Gasteiger partial charge in [0.15, 0.2) is 0 Å². The fourth-order valence-corrected chi connectivity index (χ4v) is 5.35. The summed E-state index contributed by atoms with van der Waals surface area (Å²) in [6, 6.07) is 13.0. The van der Waals surface area contributed by atoms with Gasteiger partial charge in [-0.1, -0.05) is 51.5 Å². The Labute approximate surface area is 205 Å². The lowest BCUT2D eigenvalue weighted by Gasteiger charge is -2.40. The fourth-order valence-electron chi connectivity index (χ4n) is 5.35. The maximum atomic E-state index is 13.7. The van der Waals surface area contributed by atoms with E-state index in [0.717, 1.165) is 42.3 Å². The Kier molecular flexibility index (Phi) is 7.60. The molecule has 0 saturated carbocycles. The maximum absolute atomic E-state index is 13.7. The van der Waals surface area contributed by atoms with E-state index in [2.05, 4.69) is 48.9 Å². The Morgan fingerprint density at radius 1 is 1.12 bits per heavy atom. The van der Waals surface area contributed by atoms with Crippen LogP contribution in [-0.4, -0.2) is 54.0 Å². The number of carbonyl (C=O) groups excluding carboxylic acids is 1. The molecule has 5 heteroatoms. The number of benzene rings is 2. The molecule has 1 amide bonds. The molecule has 1 N–H and O–H groups in total. The Morgan fingerprint density at radius 3 is 2.44 bits per heavy atom. The summed E-state index contributed by atoms with van der Waals surface area (Å²) in [7, 11) is 0. The third kappa shape index (κ3) is 5.45. The topological polar surface area (TPSA) is 59.4 Å². The van der Waals surface area contributed by atoms with Crippen LogP contribution in [0.4, 0.5) is 0 Å². The zero-order chi connectivity index (χ0) is 24.3. The summed E-state index contributed by atoms with van der Waals surface area (Å²) in [4.78, 5) is 18.8. The van der Waals surface area contributed by atoms with E-state index in [0.29, 0.717) is 23.7 Å². The molecule has 0 radical (unpaired) electrons. The van der Waals surface area contributed by atoms with E-state index in [1.54, 1.807) is 0 Å². The van der Waals surface area contributed by atoms with Gasteiger partial charge in [-0.3, -0.25) is 9.69 Å². The number of hydrogen-bond donors (Lipinski definition) is 1. The molecule has 2 fully saturated rings.